The Hall–Kier alpha value is -0.860. The Morgan fingerprint density at radius 1 is 1.33 bits per heavy atom. The van der Waals surface area contributed by atoms with Crippen molar-refractivity contribution in [2.24, 2.45) is 5.92 Å². The summed E-state index contributed by atoms with van der Waals surface area (Å²) in [7, 11) is 0. The van der Waals surface area contributed by atoms with E-state index < -0.39 is 0 Å². The van der Waals surface area contributed by atoms with Gasteiger partial charge in [-0.1, -0.05) is 38.1 Å². The summed E-state index contributed by atoms with van der Waals surface area (Å²) in [6.45, 7) is 8.32. The van der Waals surface area contributed by atoms with E-state index in [1.807, 2.05) is 0 Å². The van der Waals surface area contributed by atoms with Crippen LogP contribution in [0, 0.1) is 5.92 Å². The SMILES string of the molecule is CC1C2Cc3ccccc3C1(C)CCN2CC1CCCO1. The minimum Gasteiger partial charge on any atom is -0.377 e. The van der Waals surface area contributed by atoms with Crippen LogP contribution in [0.1, 0.15) is 44.2 Å². The topological polar surface area (TPSA) is 12.5 Å². The molecule has 0 radical (unpaired) electrons. The van der Waals surface area contributed by atoms with Crippen molar-refractivity contribution in [1.29, 1.82) is 0 Å². The lowest BCUT2D eigenvalue weighted by molar-refractivity contribution is -0.00664. The maximum absolute atomic E-state index is 5.88. The van der Waals surface area contributed by atoms with E-state index >= 15 is 0 Å². The van der Waals surface area contributed by atoms with Gasteiger partial charge in [0.2, 0.25) is 0 Å². The van der Waals surface area contributed by atoms with Gasteiger partial charge in [0, 0.05) is 19.2 Å². The van der Waals surface area contributed by atoms with Crippen molar-refractivity contribution in [2.75, 3.05) is 19.7 Å². The highest BCUT2D eigenvalue weighted by molar-refractivity contribution is 5.39. The molecule has 4 atom stereocenters. The van der Waals surface area contributed by atoms with Gasteiger partial charge in [-0.15, -0.1) is 0 Å². The standard InChI is InChI=1S/C19H27NO/c1-14-18-12-15-6-3-4-8-17(15)19(14,2)9-10-20(18)13-16-7-5-11-21-16/h3-4,6,8,14,16,18H,5,7,9-13H2,1-2H3. The Balaban J connectivity index is 1.62. The van der Waals surface area contributed by atoms with Gasteiger partial charge in [-0.05, 0) is 54.7 Å². The monoisotopic (exact) mass is 285 g/mol. The number of piperidine rings is 1. The van der Waals surface area contributed by atoms with Gasteiger partial charge in [-0.2, -0.15) is 0 Å². The molecule has 3 aliphatic rings. The first-order chi connectivity index (χ1) is 10.2. The molecule has 21 heavy (non-hydrogen) atoms. The molecule has 0 amide bonds. The number of nitrogens with zero attached hydrogens (tertiary/aromatic N) is 1. The van der Waals surface area contributed by atoms with Crippen molar-refractivity contribution in [3.63, 3.8) is 0 Å². The normalized spacial score (nSPS) is 39.2. The maximum atomic E-state index is 5.88. The summed E-state index contributed by atoms with van der Waals surface area (Å²) in [5.41, 5.74) is 3.57. The number of hydrogen-bond acceptors (Lipinski definition) is 2. The van der Waals surface area contributed by atoms with Crippen LogP contribution >= 0.6 is 0 Å². The third kappa shape index (κ3) is 2.15. The summed E-state index contributed by atoms with van der Waals surface area (Å²) in [5.74, 6) is 0.738. The zero-order valence-electron chi connectivity index (χ0n) is 13.3. The smallest absolute Gasteiger partial charge is 0.0702 e. The molecule has 4 unspecified atom stereocenters. The molecule has 2 bridgehead atoms. The third-order valence-corrected chi connectivity index (χ3v) is 6.49. The Morgan fingerprint density at radius 2 is 2.19 bits per heavy atom. The average Bonchev–Trinajstić information content (AvgIpc) is 2.99. The van der Waals surface area contributed by atoms with Crippen LogP contribution in [0.25, 0.3) is 0 Å². The summed E-state index contributed by atoms with van der Waals surface area (Å²) >= 11 is 0. The van der Waals surface area contributed by atoms with Gasteiger partial charge in [0.1, 0.15) is 0 Å². The Labute approximate surface area is 128 Å². The maximum Gasteiger partial charge on any atom is 0.0702 e. The molecule has 2 heterocycles. The van der Waals surface area contributed by atoms with E-state index in [0.29, 0.717) is 17.6 Å². The van der Waals surface area contributed by atoms with Crippen LogP contribution in [0.15, 0.2) is 24.3 Å². The summed E-state index contributed by atoms with van der Waals surface area (Å²) in [6.07, 6.45) is 5.50. The summed E-state index contributed by atoms with van der Waals surface area (Å²) in [6, 6.07) is 9.84. The molecule has 1 aromatic rings. The molecule has 1 aromatic carbocycles. The predicted octanol–water partition coefficient (Wildman–Crippen LogP) is 3.39. The number of ether oxygens (including phenoxy) is 1. The van der Waals surface area contributed by atoms with Crippen LogP contribution in [0.4, 0.5) is 0 Å². The molecular formula is C19H27NO. The van der Waals surface area contributed by atoms with E-state index in [2.05, 4.69) is 43.0 Å². The van der Waals surface area contributed by atoms with Gasteiger partial charge in [-0.25, -0.2) is 0 Å². The second-order valence-electron chi connectivity index (χ2n) is 7.51. The van der Waals surface area contributed by atoms with Gasteiger partial charge in [0.05, 0.1) is 6.10 Å². The van der Waals surface area contributed by atoms with Crippen LogP contribution < -0.4 is 0 Å². The minimum atomic E-state index is 0.368. The number of fused-ring (bicyclic) bond motifs is 4. The van der Waals surface area contributed by atoms with E-state index in [1.54, 1.807) is 11.1 Å². The minimum absolute atomic E-state index is 0.368. The zero-order chi connectivity index (χ0) is 14.4. The van der Waals surface area contributed by atoms with Crippen LogP contribution in [0.5, 0.6) is 0 Å². The first-order valence-corrected chi connectivity index (χ1v) is 8.62. The molecule has 1 aliphatic carbocycles. The van der Waals surface area contributed by atoms with Gasteiger partial charge < -0.3 is 4.74 Å². The highest BCUT2D eigenvalue weighted by Gasteiger charge is 2.48. The summed E-state index contributed by atoms with van der Waals surface area (Å²) < 4.78 is 5.88. The number of benzene rings is 1. The second kappa shape index (κ2) is 5.10. The number of hydrogen-bond donors (Lipinski definition) is 0. The van der Waals surface area contributed by atoms with Crippen molar-refractivity contribution in [3.05, 3.63) is 35.4 Å². The quantitative estimate of drug-likeness (QED) is 0.826. The molecule has 0 spiro atoms. The lowest BCUT2D eigenvalue weighted by atomic mass is 9.59. The Kier molecular flexibility index (Phi) is 3.35. The molecule has 0 saturated carbocycles. The predicted molar refractivity (Wildman–Crippen MR) is 85.6 cm³/mol. The molecule has 2 saturated heterocycles. The molecule has 0 N–H and O–H groups in total. The molecule has 2 heteroatoms. The van der Waals surface area contributed by atoms with Crippen molar-refractivity contribution in [1.82, 2.24) is 4.90 Å². The third-order valence-electron chi connectivity index (χ3n) is 6.49. The van der Waals surface area contributed by atoms with Crippen molar-refractivity contribution < 1.29 is 4.74 Å². The van der Waals surface area contributed by atoms with E-state index in [9.17, 15) is 0 Å². The van der Waals surface area contributed by atoms with Gasteiger partial charge >= 0.3 is 0 Å². The van der Waals surface area contributed by atoms with E-state index in [-0.39, 0.29) is 0 Å². The lowest BCUT2D eigenvalue weighted by Crippen LogP contribution is -2.59. The van der Waals surface area contributed by atoms with E-state index in [4.69, 9.17) is 4.74 Å². The van der Waals surface area contributed by atoms with Crippen molar-refractivity contribution in [3.8, 4) is 0 Å². The first-order valence-electron chi connectivity index (χ1n) is 8.62. The van der Waals surface area contributed by atoms with Crippen LogP contribution in [0.3, 0.4) is 0 Å². The van der Waals surface area contributed by atoms with E-state index in [1.165, 1.54) is 32.2 Å². The first kappa shape index (κ1) is 13.8. The van der Waals surface area contributed by atoms with E-state index in [0.717, 1.165) is 19.1 Å². The molecule has 114 valence electrons. The highest BCUT2D eigenvalue weighted by atomic mass is 16.5. The highest BCUT2D eigenvalue weighted by Crippen LogP contribution is 2.48. The van der Waals surface area contributed by atoms with Gasteiger partial charge in [0.15, 0.2) is 0 Å². The lowest BCUT2D eigenvalue weighted by Gasteiger charge is -2.55. The van der Waals surface area contributed by atoms with Crippen molar-refractivity contribution in [2.45, 2.75) is 57.1 Å². The molecule has 0 aromatic heterocycles. The fourth-order valence-corrected chi connectivity index (χ4v) is 4.95. The Bertz CT molecular complexity index is 522. The summed E-state index contributed by atoms with van der Waals surface area (Å²) in [4.78, 5) is 2.73. The number of rotatable bonds is 2. The zero-order valence-corrected chi connectivity index (χ0v) is 13.3. The average molecular weight is 285 g/mol. The Morgan fingerprint density at radius 3 is 3.00 bits per heavy atom. The molecule has 4 rings (SSSR count). The van der Waals surface area contributed by atoms with Crippen LogP contribution in [-0.2, 0) is 16.6 Å². The van der Waals surface area contributed by atoms with Gasteiger partial charge in [-0.3, -0.25) is 4.90 Å². The van der Waals surface area contributed by atoms with Crippen LogP contribution in [0.2, 0.25) is 0 Å². The molecule has 2 nitrogen and oxygen atoms in total. The second-order valence-corrected chi connectivity index (χ2v) is 7.51. The molecule has 2 fully saturated rings. The molecule has 2 aliphatic heterocycles. The number of likely N-dealkylation sites (tertiary alicyclic amines) is 1. The molecular weight excluding hydrogens is 258 g/mol. The van der Waals surface area contributed by atoms with Crippen LogP contribution in [-0.4, -0.2) is 36.7 Å². The summed E-state index contributed by atoms with van der Waals surface area (Å²) in [5, 5.41) is 0. The largest absolute Gasteiger partial charge is 0.377 e. The fraction of sp³-hybridized carbons (Fsp3) is 0.684. The van der Waals surface area contributed by atoms with Crippen molar-refractivity contribution >= 4 is 0 Å². The fourth-order valence-electron chi connectivity index (χ4n) is 4.95. The van der Waals surface area contributed by atoms with Gasteiger partial charge in [0.25, 0.3) is 0 Å².